The van der Waals surface area contributed by atoms with Crippen LogP contribution in [0.5, 0.6) is 0 Å². The fourth-order valence-corrected chi connectivity index (χ4v) is 2.56. The van der Waals surface area contributed by atoms with Crippen molar-refractivity contribution in [2.45, 2.75) is 19.4 Å². The van der Waals surface area contributed by atoms with Gasteiger partial charge in [0.25, 0.3) is 0 Å². The molecule has 2 rings (SSSR count). The molecule has 1 unspecified atom stereocenters. The minimum absolute atomic E-state index is 0.142. The number of anilines is 1. The second-order valence-electron chi connectivity index (χ2n) is 4.75. The van der Waals surface area contributed by atoms with Gasteiger partial charge in [-0.1, -0.05) is 29.8 Å². The van der Waals surface area contributed by atoms with E-state index in [0.29, 0.717) is 11.7 Å². The van der Waals surface area contributed by atoms with Crippen LogP contribution in [0.3, 0.4) is 0 Å². The van der Waals surface area contributed by atoms with Crippen molar-refractivity contribution in [1.29, 1.82) is 0 Å². The topological polar surface area (TPSA) is 77.2 Å². The highest BCUT2D eigenvalue weighted by Gasteiger charge is 2.13. The third kappa shape index (κ3) is 4.35. The van der Waals surface area contributed by atoms with Gasteiger partial charge >= 0.3 is 0 Å². The van der Waals surface area contributed by atoms with Gasteiger partial charge in [0, 0.05) is 24.6 Å². The van der Waals surface area contributed by atoms with E-state index in [0.717, 1.165) is 11.3 Å². The van der Waals surface area contributed by atoms with Gasteiger partial charge in [0.15, 0.2) is 5.13 Å². The molecule has 0 aliphatic heterocycles. The Hall–Kier alpha value is -1.76. The summed E-state index contributed by atoms with van der Waals surface area (Å²) in [6.45, 7) is 2.36. The Balaban J connectivity index is 2.00. The lowest BCUT2D eigenvalue weighted by Crippen LogP contribution is -2.28. The quantitative estimate of drug-likeness (QED) is 0.859. The summed E-state index contributed by atoms with van der Waals surface area (Å²) in [6, 6.07) is 8.12. The molecular formula is C15H19N3O2S. The Labute approximate surface area is 128 Å². The van der Waals surface area contributed by atoms with E-state index in [1.807, 2.05) is 36.6 Å². The predicted molar refractivity (Wildman–Crippen MR) is 85.4 cm³/mol. The molecule has 0 saturated heterocycles. The lowest BCUT2D eigenvalue weighted by Gasteiger charge is -2.11. The SMILES string of the molecule is COC(CN)CC(=O)Nc1nc(-c2ccc(C)cc2)cs1. The number of nitrogens with two attached hydrogens (primary N) is 1. The molecule has 21 heavy (non-hydrogen) atoms. The first kappa shape index (κ1) is 15.6. The lowest BCUT2D eigenvalue weighted by molar-refractivity contribution is -0.118. The minimum Gasteiger partial charge on any atom is -0.380 e. The number of benzene rings is 1. The van der Waals surface area contributed by atoms with E-state index in [2.05, 4.69) is 10.3 Å². The maximum absolute atomic E-state index is 11.9. The van der Waals surface area contributed by atoms with E-state index in [4.69, 9.17) is 10.5 Å². The molecule has 1 amide bonds. The number of aryl methyl sites for hydroxylation is 1. The van der Waals surface area contributed by atoms with Crippen molar-refractivity contribution in [3.8, 4) is 11.3 Å². The van der Waals surface area contributed by atoms with E-state index in [1.165, 1.54) is 16.9 Å². The monoisotopic (exact) mass is 305 g/mol. The van der Waals surface area contributed by atoms with Crippen molar-refractivity contribution >= 4 is 22.4 Å². The largest absolute Gasteiger partial charge is 0.380 e. The number of carbonyl (C=O) groups excluding carboxylic acids is 1. The molecule has 2 aromatic rings. The summed E-state index contributed by atoms with van der Waals surface area (Å²) in [6.07, 6.45) is -0.0339. The number of aromatic nitrogens is 1. The first-order chi connectivity index (χ1) is 10.1. The Morgan fingerprint density at radius 3 is 2.76 bits per heavy atom. The average molecular weight is 305 g/mol. The fourth-order valence-electron chi connectivity index (χ4n) is 1.83. The van der Waals surface area contributed by atoms with Crippen molar-refractivity contribution in [3.63, 3.8) is 0 Å². The van der Waals surface area contributed by atoms with Gasteiger partial charge in [-0.2, -0.15) is 0 Å². The van der Waals surface area contributed by atoms with Crippen LogP contribution < -0.4 is 11.1 Å². The molecule has 1 aromatic carbocycles. The molecule has 6 heteroatoms. The minimum atomic E-state index is -0.262. The zero-order valence-corrected chi connectivity index (χ0v) is 12.9. The molecule has 3 N–H and O–H groups in total. The van der Waals surface area contributed by atoms with Crippen molar-refractivity contribution in [2.75, 3.05) is 19.0 Å². The van der Waals surface area contributed by atoms with Crippen molar-refractivity contribution in [3.05, 3.63) is 35.2 Å². The summed E-state index contributed by atoms with van der Waals surface area (Å²) in [5.74, 6) is -0.142. The maximum atomic E-state index is 11.9. The standard InChI is InChI=1S/C15H19N3O2S/c1-10-3-5-11(6-4-10)13-9-21-15(17-13)18-14(19)7-12(8-16)20-2/h3-6,9,12H,7-8,16H2,1-2H3,(H,17,18,19). The summed E-state index contributed by atoms with van der Waals surface area (Å²) in [5, 5.41) is 5.29. The number of hydrogen-bond acceptors (Lipinski definition) is 5. The van der Waals surface area contributed by atoms with E-state index in [-0.39, 0.29) is 18.4 Å². The lowest BCUT2D eigenvalue weighted by atomic mass is 10.1. The number of thiazole rings is 1. The molecule has 0 aliphatic rings. The molecule has 0 fully saturated rings. The number of nitrogens with zero attached hydrogens (tertiary/aromatic N) is 1. The van der Waals surface area contributed by atoms with Gasteiger partial charge in [-0.25, -0.2) is 4.98 Å². The van der Waals surface area contributed by atoms with Gasteiger partial charge in [0.2, 0.25) is 5.91 Å². The molecular weight excluding hydrogens is 286 g/mol. The summed E-state index contributed by atoms with van der Waals surface area (Å²) < 4.78 is 5.09. The second-order valence-corrected chi connectivity index (χ2v) is 5.61. The van der Waals surface area contributed by atoms with Crippen LogP contribution in [0, 0.1) is 6.92 Å². The number of ether oxygens (including phenoxy) is 1. The van der Waals surface area contributed by atoms with E-state index in [1.54, 1.807) is 7.11 Å². The molecule has 0 radical (unpaired) electrons. The Morgan fingerprint density at radius 1 is 1.43 bits per heavy atom. The van der Waals surface area contributed by atoms with Gasteiger partial charge in [-0.15, -0.1) is 11.3 Å². The highest BCUT2D eigenvalue weighted by atomic mass is 32.1. The van der Waals surface area contributed by atoms with Crippen LogP contribution in [-0.2, 0) is 9.53 Å². The number of carbonyl (C=O) groups is 1. The summed E-state index contributed by atoms with van der Waals surface area (Å²) in [5.41, 5.74) is 8.60. The molecule has 0 aliphatic carbocycles. The molecule has 0 bridgehead atoms. The predicted octanol–water partition coefficient (Wildman–Crippen LogP) is 2.42. The molecule has 5 nitrogen and oxygen atoms in total. The van der Waals surface area contributed by atoms with Gasteiger partial charge in [-0.3, -0.25) is 4.79 Å². The van der Waals surface area contributed by atoms with Crippen LogP contribution >= 0.6 is 11.3 Å². The third-order valence-electron chi connectivity index (χ3n) is 3.11. The van der Waals surface area contributed by atoms with Gasteiger partial charge < -0.3 is 15.8 Å². The Kier molecular flexibility index (Phi) is 5.44. The number of methoxy groups -OCH3 is 1. The number of rotatable bonds is 6. The zero-order valence-electron chi connectivity index (χ0n) is 12.1. The first-order valence-corrected chi connectivity index (χ1v) is 7.55. The smallest absolute Gasteiger partial charge is 0.228 e. The van der Waals surface area contributed by atoms with Crippen LogP contribution in [0.2, 0.25) is 0 Å². The normalized spacial score (nSPS) is 12.1. The van der Waals surface area contributed by atoms with Crippen LogP contribution in [0.1, 0.15) is 12.0 Å². The number of hydrogen-bond donors (Lipinski definition) is 2. The van der Waals surface area contributed by atoms with Crippen LogP contribution in [0.4, 0.5) is 5.13 Å². The van der Waals surface area contributed by atoms with Crippen molar-refractivity contribution in [2.24, 2.45) is 5.73 Å². The van der Waals surface area contributed by atoms with Crippen LogP contribution in [0.15, 0.2) is 29.6 Å². The van der Waals surface area contributed by atoms with Crippen molar-refractivity contribution < 1.29 is 9.53 Å². The van der Waals surface area contributed by atoms with Crippen LogP contribution in [0.25, 0.3) is 11.3 Å². The molecule has 1 aromatic heterocycles. The van der Waals surface area contributed by atoms with Crippen molar-refractivity contribution in [1.82, 2.24) is 4.98 Å². The third-order valence-corrected chi connectivity index (χ3v) is 3.86. The average Bonchev–Trinajstić information content (AvgIpc) is 2.94. The highest BCUT2D eigenvalue weighted by molar-refractivity contribution is 7.14. The highest BCUT2D eigenvalue weighted by Crippen LogP contribution is 2.25. The Morgan fingerprint density at radius 2 is 2.14 bits per heavy atom. The molecule has 0 saturated carbocycles. The van der Waals surface area contributed by atoms with Crippen LogP contribution in [-0.4, -0.2) is 30.6 Å². The number of nitrogens with one attached hydrogen (secondary N) is 1. The number of amides is 1. The van der Waals surface area contributed by atoms with E-state index >= 15 is 0 Å². The maximum Gasteiger partial charge on any atom is 0.228 e. The summed E-state index contributed by atoms with van der Waals surface area (Å²) >= 11 is 1.40. The fraction of sp³-hybridized carbons (Fsp3) is 0.333. The summed E-state index contributed by atoms with van der Waals surface area (Å²) in [7, 11) is 1.55. The second kappa shape index (κ2) is 7.31. The van der Waals surface area contributed by atoms with E-state index < -0.39 is 0 Å². The molecule has 1 atom stereocenters. The Bertz CT molecular complexity index is 591. The molecule has 112 valence electrons. The molecule has 1 heterocycles. The zero-order chi connectivity index (χ0) is 15.2. The van der Waals surface area contributed by atoms with Gasteiger partial charge in [0.1, 0.15) is 0 Å². The first-order valence-electron chi connectivity index (χ1n) is 6.67. The van der Waals surface area contributed by atoms with E-state index in [9.17, 15) is 4.79 Å². The summed E-state index contributed by atoms with van der Waals surface area (Å²) in [4.78, 5) is 16.3. The van der Waals surface area contributed by atoms with Gasteiger partial charge in [-0.05, 0) is 6.92 Å². The van der Waals surface area contributed by atoms with Gasteiger partial charge in [0.05, 0.1) is 18.2 Å². The molecule has 0 spiro atoms.